The summed E-state index contributed by atoms with van der Waals surface area (Å²) in [6, 6.07) is 19.6. The topological polar surface area (TPSA) is 38.3 Å². The third-order valence-corrected chi connectivity index (χ3v) is 3.56. The smallest absolute Gasteiger partial charge is 0.227 e. The van der Waals surface area contributed by atoms with Gasteiger partial charge in [-0.25, -0.2) is 0 Å². The molecular formula is C19H23NO2. The number of rotatable bonds is 8. The maximum absolute atomic E-state index is 12.3. The Morgan fingerprint density at radius 1 is 1.05 bits per heavy atom. The number of benzene rings is 2. The van der Waals surface area contributed by atoms with Crippen molar-refractivity contribution in [2.75, 3.05) is 13.2 Å². The van der Waals surface area contributed by atoms with Crippen molar-refractivity contribution >= 4 is 5.91 Å². The number of amides is 1. The predicted octanol–water partition coefficient (Wildman–Crippen LogP) is 3.77. The zero-order chi connectivity index (χ0) is 15.6. The number of nitrogens with one attached hydrogen (secondary N) is 1. The number of hydrogen-bond acceptors (Lipinski definition) is 2. The lowest BCUT2D eigenvalue weighted by Gasteiger charge is -2.15. The van der Waals surface area contributed by atoms with Crippen LogP contribution in [0.3, 0.4) is 0 Å². The van der Waals surface area contributed by atoms with Crippen molar-refractivity contribution < 1.29 is 9.53 Å². The third-order valence-electron chi connectivity index (χ3n) is 3.56. The van der Waals surface area contributed by atoms with E-state index < -0.39 is 0 Å². The fraction of sp³-hybridized carbons (Fsp3) is 0.316. The second-order valence-corrected chi connectivity index (χ2v) is 5.18. The van der Waals surface area contributed by atoms with Crippen LogP contribution >= 0.6 is 0 Å². The molecule has 0 fully saturated rings. The zero-order valence-electron chi connectivity index (χ0n) is 13.0. The Balaban J connectivity index is 1.71. The maximum Gasteiger partial charge on any atom is 0.227 e. The fourth-order valence-electron chi connectivity index (χ4n) is 2.37. The molecule has 2 aromatic carbocycles. The second kappa shape index (κ2) is 8.88. The Labute approximate surface area is 132 Å². The molecule has 1 atom stereocenters. The van der Waals surface area contributed by atoms with Gasteiger partial charge in [0, 0.05) is 6.54 Å². The Bertz CT molecular complexity index is 554. The molecular weight excluding hydrogens is 274 g/mol. The first kappa shape index (κ1) is 16.1. The molecule has 3 nitrogen and oxygen atoms in total. The van der Waals surface area contributed by atoms with Gasteiger partial charge in [0.1, 0.15) is 5.75 Å². The van der Waals surface area contributed by atoms with E-state index in [1.165, 1.54) is 0 Å². The van der Waals surface area contributed by atoms with Crippen molar-refractivity contribution in [2.24, 2.45) is 0 Å². The van der Waals surface area contributed by atoms with E-state index in [-0.39, 0.29) is 11.8 Å². The number of para-hydroxylation sites is 1. The molecule has 0 saturated carbocycles. The maximum atomic E-state index is 12.3. The average molecular weight is 297 g/mol. The van der Waals surface area contributed by atoms with Crippen LogP contribution in [-0.4, -0.2) is 19.1 Å². The minimum Gasteiger partial charge on any atom is -0.494 e. The molecule has 0 bridgehead atoms. The summed E-state index contributed by atoms with van der Waals surface area (Å²) in [5.74, 6) is 0.884. The van der Waals surface area contributed by atoms with Crippen LogP contribution in [0.5, 0.6) is 5.75 Å². The van der Waals surface area contributed by atoms with E-state index in [9.17, 15) is 4.79 Å². The molecule has 1 N–H and O–H groups in total. The van der Waals surface area contributed by atoms with Crippen LogP contribution in [0.25, 0.3) is 0 Å². The third kappa shape index (κ3) is 4.92. The summed E-state index contributed by atoms with van der Waals surface area (Å²) in [6.07, 6.45) is 1.60. The minimum atomic E-state index is -0.0729. The van der Waals surface area contributed by atoms with Crippen molar-refractivity contribution in [3.05, 3.63) is 66.2 Å². The Kier molecular flexibility index (Phi) is 6.49. The molecule has 0 aliphatic rings. The Morgan fingerprint density at radius 3 is 2.32 bits per heavy atom. The molecule has 1 unspecified atom stereocenters. The normalized spacial score (nSPS) is 11.7. The van der Waals surface area contributed by atoms with E-state index in [4.69, 9.17) is 4.74 Å². The second-order valence-electron chi connectivity index (χ2n) is 5.18. The molecule has 0 heterocycles. The summed E-state index contributed by atoms with van der Waals surface area (Å²) in [5, 5.41) is 3.00. The van der Waals surface area contributed by atoms with Gasteiger partial charge in [-0.15, -0.1) is 0 Å². The lowest BCUT2D eigenvalue weighted by atomic mass is 9.96. The van der Waals surface area contributed by atoms with Crippen molar-refractivity contribution in [3.8, 4) is 5.75 Å². The van der Waals surface area contributed by atoms with Crippen molar-refractivity contribution in [1.82, 2.24) is 5.32 Å². The van der Waals surface area contributed by atoms with Gasteiger partial charge >= 0.3 is 0 Å². The van der Waals surface area contributed by atoms with E-state index in [1.807, 2.05) is 67.6 Å². The first-order valence-corrected chi connectivity index (χ1v) is 7.81. The quantitative estimate of drug-likeness (QED) is 0.753. The molecule has 116 valence electrons. The Hall–Kier alpha value is -2.29. The molecule has 0 saturated heterocycles. The SMILES string of the molecule is CCC(C(=O)NCCCOc1ccccc1)c1ccccc1. The summed E-state index contributed by atoms with van der Waals surface area (Å²) in [5.41, 5.74) is 1.07. The van der Waals surface area contributed by atoms with E-state index in [0.717, 1.165) is 24.2 Å². The molecule has 1 amide bonds. The average Bonchev–Trinajstić information content (AvgIpc) is 2.57. The van der Waals surface area contributed by atoms with Gasteiger partial charge in [-0.1, -0.05) is 55.5 Å². The summed E-state index contributed by atoms with van der Waals surface area (Å²) < 4.78 is 5.61. The molecule has 22 heavy (non-hydrogen) atoms. The highest BCUT2D eigenvalue weighted by molar-refractivity contribution is 5.83. The van der Waals surface area contributed by atoms with Crippen molar-refractivity contribution in [1.29, 1.82) is 0 Å². The van der Waals surface area contributed by atoms with Crippen LogP contribution in [-0.2, 0) is 4.79 Å². The van der Waals surface area contributed by atoms with Gasteiger partial charge in [-0.05, 0) is 30.5 Å². The monoisotopic (exact) mass is 297 g/mol. The van der Waals surface area contributed by atoms with Gasteiger partial charge in [0.2, 0.25) is 5.91 Å². The highest BCUT2D eigenvalue weighted by atomic mass is 16.5. The fourth-order valence-corrected chi connectivity index (χ4v) is 2.37. The number of carbonyl (C=O) groups is 1. The zero-order valence-corrected chi connectivity index (χ0v) is 13.0. The largest absolute Gasteiger partial charge is 0.494 e. The first-order chi connectivity index (χ1) is 10.8. The number of ether oxygens (including phenoxy) is 1. The van der Waals surface area contributed by atoms with Gasteiger partial charge < -0.3 is 10.1 Å². The summed E-state index contributed by atoms with van der Waals surface area (Å²) >= 11 is 0. The van der Waals surface area contributed by atoms with Crippen LogP contribution < -0.4 is 10.1 Å². The lowest BCUT2D eigenvalue weighted by molar-refractivity contribution is -0.122. The highest BCUT2D eigenvalue weighted by Gasteiger charge is 2.17. The summed E-state index contributed by atoms with van der Waals surface area (Å²) in [7, 11) is 0. The van der Waals surface area contributed by atoms with E-state index in [1.54, 1.807) is 0 Å². The first-order valence-electron chi connectivity index (χ1n) is 7.81. The van der Waals surface area contributed by atoms with Crippen molar-refractivity contribution in [3.63, 3.8) is 0 Å². The van der Waals surface area contributed by atoms with Gasteiger partial charge in [-0.2, -0.15) is 0 Å². The summed E-state index contributed by atoms with van der Waals surface area (Å²) in [4.78, 5) is 12.3. The van der Waals surface area contributed by atoms with Gasteiger partial charge in [0.15, 0.2) is 0 Å². The van der Waals surface area contributed by atoms with E-state index in [0.29, 0.717) is 13.2 Å². The molecule has 0 spiro atoms. The molecule has 0 radical (unpaired) electrons. The van der Waals surface area contributed by atoms with Crippen LogP contribution in [0.4, 0.5) is 0 Å². The van der Waals surface area contributed by atoms with Crippen LogP contribution in [0, 0.1) is 0 Å². The van der Waals surface area contributed by atoms with Crippen molar-refractivity contribution in [2.45, 2.75) is 25.7 Å². The van der Waals surface area contributed by atoms with Crippen LogP contribution in [0.1, 0.15) is 31.2 Å². The molecule has 0 aliphatic carbocycles. The number of carbonyl (C=O) groups excluding carboxylic acids is 1. The standard InChI is InChI=1S/C19H23NO2/c1-2-18(16-10-5-3-6-11-16)19(21)20-14-9-15-22-17-12-7-4-8-13-17/h3-8,10-13,18H,2,9,14-15H2,1H3,(H,20,21). The molecule has 2 rings (SSSR count). The molecule has 0 aromatic heterocycles. The lowest BCUT2D eigenvalue weighted by Crippen LogP contribution is -2.30. The number of hydrogen-bond donors (Lipinski definition) is 1. The van der Waals surface area contributed by atoms with Crippen LogP contribution in [0.2, 0.25) is 0 Å². The van der Waals surface area contributed by atoms with Crippen LogP contribution in [0.15, 0.2) is 60.7 Å². The summed E-state index contributed by atoms with van der Waals surface area (Å²) in [6.45, 7) is 3.27. The van der Waals surface area contributed by atoms with Gasteiger partial charge in [0.25, 0.3) is 0 Å². The molecule has 3 heteroatoms. The molecule has 2 aromatic rings. The molecule has 0 aliphatic heterocycles. The van der Waals surface area contributed by atoms with Gasteiger partial charge in [0.05, 0.1) is 12.5 Å². The van der Waals surface area contributed by atoms with Gasteiger partial charge in [-0.3, -0.25) is 4.79 Å². The predicted molar refractivity (Wildman–Crippen MR) is 89.0 cm³/mol. The minimum absolute atomic E-state index is 0.0729. The highest BCUT2D eigenvalue weighted by Crippen LogP contribution is 2.19. The van der Waals surface area contributed by atoms with E-state index in [2.05, 4.69) is 5.32 Å². The Morgan fingerprint density at radius 2 is 1.68 bits per heavy atom. The van der Waals surface area contributed by atoms with E-state index >= 15 is 0 Å².